The maximum atomic E-state index is 10.3. The average molecular weight is 309 g/mol. The van der Waals surface area contributed by atoms with Gasteiger partial charge in [0.25, 0.3) is 0 Å². The van der Waals surface area contributed by atoms with Crippen LogP contribution in [0.2, 0.25) is 0 Å². The maximum absolute atomic E-state index is 10.3. The molecule has 0 spiro atoms. The monoisotopic (exact) mass is 308 g/mol. The van der Waals surface area contributed by atoms with Crippen LogP contribution in [0.25, 0.3) is 10.8 Å². The van der Waals surface area contributed by atoms with Gasteiger partial charge in [0.05, 0.1) is 6.10 Å². The molecule has 0 fully saturated rings. The van der Waals surface area contributed by atoms with Gasteiger partial charge in [-0.25, -0.2) is 0 Å². The summed E-state index contributed by atoms with van der Waals surface area (Å²) in [5.74, 6) is 0. The highest BCUT2D eigenvalue weighted by molar-refractivity contribution is 9.09. The van der Waals surface area contributed by atoms with Crippen LogP contribution in [0.3, 0.4) is 0 Å². The molecule has 0 aliphatic rings. The third kappa shape index (κ3) is 2.58. The first-order valence-corrected chi connectivity index (χ1v) is 7.17. The number of hydrogen-bond donors (Lipinski definition) is 2. The van der Waals surface area contributed by atoms with Crippen molar-refractivity contribution in [3.05, 3.63) is 47.5 Å². The first-order chi connectivity index (χ1) is 8.65. The molecule has 2 N–H and O–H groups in total. The fraction of sp³-hybridized carbons (Fsp3) is 0.333. The normalized spacial score (nSPS) is 14.7. The Hall–Kier alpha value is -0.900. The second kappa shape index (κ2) is 5.83. The maximum Gasteiger partial charge on any atom is 0.106 e. The summed E-state index contributed by atoms with van der Waals surface area (Å²) in [5, 5.41) is 23.1. The molecule has 18 heavy (non-hydrogen) atoms. The van der Waals surface area contributed by atoms with Crippen LogP contribution in [0.4, 0.5) is 0 Å². The molecule has 0 heterocycles. The Morgan fingerprint density at radius 1 is 1.11 bits per heavy atom. The Morgan fingerprint density at radius 2 is 1.83 bits per heavy atom. The highest BCUT2D eigenvalue weighted by atomic mass is 79.9. The van der Waals surface area contributed by atoms with Crippen molar-refractivity contribution < 1.29 is 10.2 Å². The van der Waals surface area contributed by atoms with Crippen LogP contribution in [-0.2, 0) is 0 Å². The summed E-state index contributed by atoms with van der Waals surface area (Å²) >= 11 is 3.29. The van der Waals surface area contributed by atoms with Crippen LogP contribution in [0.15, 0.2) is 36.4 Å². The van der Waals surface area contributed by atoms with Crippen molar-refractivity contribution >= 4 is 26.7 Å². The molecule has 0 aromatic heterocycles. The highest BCUT2D eigenvalue weighted by Crippen LogP contribution is 2.30. The van der Waals surface area contributed by atoms with Crippen molar-refractivity contribution in [1.82, 2.24) is 0 Å². The quantitative estimate of drug-likeness (QED) is 0.851. The van der Waals surface area contributed by atoms with E-state index in [-0.39, 0.29) is 0 Å². The van der Waals surface area contributed by atoms with Crippen molar-refractivity contribution in [2.75, 3.05) is 5.33 Å². The van der Waals surface area contributed by atoms with Gasteiger partial charge in [-0.1, -0.05) is 52.3 Å². The number of aryl methyl sites for hydroxylation is 1. The fourth-order valence-electron chi connectivity index (χ4n) is 2.26. The molecule has 0 bridgehead atoms. The smallest absolute Gasteiger partial charge is 0.106 e. The molecule has 0 aliphatic heterocycles. The zero-order valence-electron chi connectivity index (χ0n) is 10.3. The van der Waals surface area contributed by atoms with Crippen molar-refractivity contribution in [2.45, 2.75) is 25.6 Å². The molecule has 2 aromatic rings. The Bertz CT molecular complexity index is 539. The second-order valence-corrected chi connectivity index (χ2v) is 5.30. The minimum atomic E-state index is -0.839. The molecule has 2 aromatic carbocycles. The van der Waals surface area contributed by atoms with Crippen LogP contribution in [0, 0.1) is 6.92 Å². The lowest BCUT2D eigenvalue weighted by atomic mass is 9.92. The highest BCUT2D eigenvalue weighted by Gasteiger charge is 2.21. The summed E-state index contributed by atoms with van der Waals surface area (Å²) in [6.45, 7) is 1.96. The first-order valence-electron chi connectivity index (χ1n) is 6.05. The van der Waals surface area contributed by atoms with Gasteiger partial charge in [0.2, 0.25) is 0 Å². The van der Waals surface area contributed by atoms with Crippen LogP contribution in [0.1, 0.15) is 23.7 Å². The Morgan fingerprint density at radius 3 is 2.56 bits per heavy atom. The molecule has 0 aliphatic carbocycles. The number of hydrogen-bond acceptors (Lipinski definition) is 2. The predicted molar refractivity (Wildman–Crippen MR) is 78.1 cm³/mol. The predicted octanol–water partition coefficient (Wildman–Crippen LogP) is 3.33. The standard InChI is InChI=1S/C15H17BrO2/c1-10-6-7-11-4-2-3-5-12(11)14(10)15(18)13(17)8-9-16/h2-7,13,15,17-18H,8-9H2,1H3. The number of benzene rings is 2. The number of halogens is 1. The van der Waals surface area contributed by atoms with Gasteiger partial charge in [-0.05, 0) is 35.2 Å². The minimum Gasteiger partial charge on any atom is -0.390 e. The molecule has 0 amide bonds. The van der Waals surface area contributed by atoms with E-state index in [1.165, 1.54) is 0 Å². The lowest BCUT2D eigenvalue weighted by molar-refractivity contribution is 0.0179. The zero-order chi connectivity index (χ0) is 13.1. The van der Waals surface area contributed by atoms with Crippen molar-refractivity contribution in [3.63, 3.8) is 0 Å². The van der Waals surface area contributed by atoms with E-state index >= 15 is 0 Å². The van der Waals surface area contributed by atoms with Crippen LogP contribution in [-0.4, -0.2) is 21.6 Å². The van der Waals surface area contributed by atoms with Crippen LogP contribution in [0.5, 0.6) is 0 Å². The molecule has 0 saturated heterocycles. The van der Waals surface area contributed by atoms with E-state index in [1.54, 1.807) is 0 Å². The number of fused-ring (bicyclic) bond motifs is 1. The fourth-order valence-corrected chi connectivity index (χ4v) is 2.73. The lowest BCUT2D eigenvalue weighted by Crippen LogP contribution is -2.19. The molecular weight excluding hydrogens is 292 g/mol. The van der Waals surface area contributed by atoms with Crippen molar-refractivity contribution in [1.29, 1.82) is 0 Å². The van der Waals surface area contributed by atoms with Crippen LogP contribution >= 0.6 is 15.9 Å². The van der Waals surface area contributed by atoms with Crippen molar-refractivity contribution in [3.8, 4) is 0 Å². The topological polar surface area (TPSA) is 40.5 Å². The van der Waals surface area contributed by atoms with E-state index in [0.717, 1.165) is 21.9 Å². The van der Waals surface area contributed by atoms with Crippen molar-refractivity contribution in [2.24, 2.45) is 0 Å². The van der Waals surface area contributed by atoms with Gasteiger partial charge in [-0.2, -0.15) is 0 Å². The molecule has 96 valence electrons. The lowest BCUT2D eigenvalue weighted by Gasteiger charge is -2.21. The van der Waals surface area contributed by atoms with E-state index < -0.39 is 12.2 Å². The summed E-state index contributed by atoms with van der Waals surface area (Å²) in [4.78, 5) is 0. The summed E-state index contributed by atoms with van der Waals surface area (Å²) in [6.07, 6.45) is -1.05. The Labute approximate surface area is 115 Å². The summed E-state index contributed by atoms with van der Waals surface area (Å²) < 4.78 is 0. The largest absolute Gasteiger partial charge is 0.390 e. The molecule has 2 nitrogen and oxygen atoms in total. The van der Waals surface area contributed by atoms with E-state index in [4.69, 9.17) is 0 Å². The molecule has 2 rings (SSSR count). The van der Waals surface area contributed by atoms with Gasteiger partial charge in [0.1, 0.15) is 6.10 Å². The van der Waals surface area contributed by atoms with Crippen LogP contribution < -0.4 is 0 Å². The summed E-state index contributed by atoms with van der Waals surface area (Å²) in [7, 11) is 0. The molecule has 2 atom stereocenters. The van der Waals surface area contributed by atoms with Gasteiger partial charge in [0.15, 0.2) is 0 Å². The number of aliphatic hydroxyl groups excluding tert-OH is 2. The third-order valence-electron chi connectivity index (χ3n) is 3.25. The van der Waals surface area contributed by atoms with Gasteiger partial charge in [-0.15, -0.1) is 0 Å². The molecule has 0 radical (unpaired) electrons. The van der Waals surface area contributed by atoms with Gasteiger partial charge >= 0.3 is 0 Å². The van der Waals surface area contributed by atoms with E-state index in [0.29, 0.717) is 11.8 Å². The Kier molecular flexibility index (Phi) is 4.38. The van der Waals surface area contributed by atoms with E-state index in [9.17, 15) is 10.2 Å². The second-order valence-electron chi connectivity index (χ2n) is 4.51. The van der Waals surface area contributed by atoms with E-state index in [1.807, 2.05) is 43.3 Å². The number of rotatable bonds is 4. The summed E-state index contributed by atoms with van der Waals surface area (Å²) in [5.41, 5.74) is 1.84. The number of aliphatic hydroxyl groups is 2. The van der Waals surface area contributed by atoms with Gasteiger partial charge in [0, 0.05) is 5.33 Å². The summed E-state index contributed by atoms with van der Waals surface area (Å²) in [6, 6.07) is 12.0. The molecular formula is C15H17BrO2. The minimum absolute atomic E-state index is 0.532. The SMILES string of the molecule is Cc1ccc2ccccc2c1C(O)C(O)CCBr. The van der Waals surface area contributed by atoms with Gasteiger partial charge < -0.3 is 10.2 Å². The number of alkyl halides is 1. The zero-order valence-corrected chi connectivity index (χ0v) is 11.9. The average Bonchev–Trinajstić information content (AvgIpc) is 2.38. The Balaban J connectivity index is 2.51. The molecule has 0 saturated carbocycles. The third-order valence-corrected chi connectivity index (χ3v) is 3.71. The molecule has 2 unspecified atom stereocenters. The van der Waals surface area contributed by atoms with Gasteiger partial charge in [-0.3, -0.25) is 0 Å². The molecule has 3 heteroatoms. The van der Waals surface area contributed by atoms with E-state index in [2.05, 4.69) is 15.9 Å². The first kappa shape index (κ1) is 13.5.